The van der Waals surface area contributed by atoms with Crippen LogP contribution in [0.5, 0.6) is 0 Å². The van der Waals surface area contributed by atoms with Crippen LogP contribution in [0.25, 0.3) is 0 Å². The van der Waals surface area contributed by atoms with Gasteiger partial charge in [-0.15, -0.1) is 0 Å². The second-order valence-electron chi connectivity index (χ2n) is 15.6. The van der Waals surface area contributed by atoms with Crippen LogP contribution in [0.4, 0.5) is 0 Å². The number of hydrogen-bond donors (Lipinski definition) is 0. The molecule has 0 aromatic rings. The van der Waals surface area contributed by atoms with Crippen LogP contribution in [0.3, 0.4) is 0 Å². The Morgan fingerprint density at radius 1 is 0.356 bits per heavy atom. The van der Waals surface area contributed by atoms with Crippen molar-refractivity contribution in [2.75, 3.05) is 13.2 Å². The molecule has 0 saturated carbocycles. The van der Waals surface area contributed by atoms with Crippen molar-refractivity contribution in [1.29, 1.82) is 0 Å². The normalized spacial score (nSPS) is 12.8. The van der Waals surface area contributed by atoms with Crippen LogP contribution in [0, 0.1) is 0 Å². The van der Waals surface area contributed by atoms with Crippen LogP contribution >= 0.6 is 0 Å². The number of carbonyl (C=O) groups is 3. The maximum absolute atomic E-state index is 12.8. The molecule has 0 bridgehead atoms. The van der Waals surface area contributed by atoms with E-state index in [1.165, 1.54) is 51.4 Å². The Hall–Kier alpha value is -3.41. The van der Waals surface area contributed by atoms with Crippen LogP contribution in [-0.2, 0) is 28.6 Å². The fourth-order valence-corrected chi connectivity index (χ4v) is 6.27. The molecule has 0 N–H and O–H groups in total. The molecule has 0 heterocycles. The first kappa shape index (κ1) is 55.6. The molecule has 6 heteroatoms. The van der Waals surface area contributed by atoms with Crippen molar-refractivity contribution < 1.29 is 28.6 Å². The molecule has 0 rings (SSSR count). The van der Waals surface area contributed by atoms with Crippen molar-refractivity contribution in [2.24, 2.45) is 0 Å². The van der Waals surface area contributed by atoms with Gasteiger partial charge in [-0.2, -0.15) is 0 Å². The molecule has 0 spiro atoms. The van der Waals surface area contributed by atoms with E-state index in [9.17, 15) is 14.4 Å². The molecule has 59 heavy (non-hydrogen) atoms. The van der Waals surface area contributed by atoms with Gasteiger partial charge in [0.25, 0.3) is 0 Å². The number of carbonyl (C=O) groups excluding carboxylic acids is 3. The highest BCUT2D eigenvalue weighted by atomic mass is 16.6. The van der Waals surface area contributed by atoms with Crippen LogP contribution in [0.1, 0.15) is 213 Å². The van der Waals surface area contributed by atoms with E-state index in [-0.39, 0.29) is 31.1 Å². The van der Waals surface area contributed by atoms with E-state index in [2.05, 4.69) is 106 Å². The summed E-state index contributed by atoms with van der Waals surface area (Å²) in [7, 11) is 0. The molecular weight excluding hydrogens is 733 g/mol. The summed E-state index contributed by atoms with van der Waals surface area (Å²) in [5, 5.41) is 0. The molecule has 0 aromatic heterocycles. The highest BCUT2D eigenvalue weighted by Crippen LogP contribution is 2.13. The highest BCUT2D eigenvalue weighted by Gasteiger charge is 2.19. The van der Waals surface area contributed by atoms with E-state index < -0.39 is 6.10 Å². The van der Waals surface area contributed by atoms with Crippen molar-refractivity contribution in [3.63, 3.8) is 0 Å². The summed E-state index contributed by atoms with van der Waals surface area (Å²) in [4.78, 5) is 37.8. The minimum absolute atomic E-state index is 0.0955. The predicted octanol–water partition coefficient (Wildman–Crippen LogP) is 15.6. The Labute approximate surface area is 363 Å². The van der Waals surface area contributed by atoms with Gasteiger partial charge in [0.2, 0.25) is 0 Å². The minimum Gasteiger partial charge on any atom is -0.462 e. The van der Waals surface area contributed by atoms with Crippen molar-refractivity contribution in [3.8, 4) is 0 Å². The molecule has 0 fully saturated rings. The number of hydrogen-bond acceptors (Lipinski definition) is 6. The maximum Gasteiger partial charge on any atom is 0.306 e. The first-order valence-corrected chi connectivity index (χ1v) is 24.1. The van der Waals surface area contributed by atoms with Gasteiger partial charge < -0.3 is 14.2 Å². The fourth-order valence-electron chi connectivity index (χ4n) is 6.27. The fraction of sp³-hybridized carbons (Fsp3) is 0.679. The number of allylic oxidation sites excluding steroid dienone is 14. The number of rotatable bonds is 42. The standard InChI is InChI=1S/C53H88O6/c1-4-7-10-13-16-19-22-24-26-27-29-31-34-37-40-43-46-52(55)58-49-50(48-57-51(54)45-42-39-36-33-30-21-18-15-12-9-6-3)59-53(56)47-44-41-38-35-32-28-25-23-20-17-14-11-8-5-2/h7-8,10-11,15-20,24,26,29,31,50H,4-6,9,12-14,21-23,25,27-28,30,32-49H2,1-3H3/b10-7-,11-8-,18-15-,19-16-,20-17-,26-24-,31-29-. The molecule has 0 aliphatic carbocycles. The van der Waals surface area contributed by atoms with E-state index in [0.717, 1.165) is 122 Å². The molecule has 0 aliphatic heterocycles. The molecular formula is C53H88O6. The summed E-state index contributed by atoms with van der Waals surface area (Å²) < 4.78 is 16.7. The molecule has 0 aromatic carbocycles. The van der Waals surface area contributed by atoms with Gasteiger partial charge in [0.05, 0.1) is 0 Å². The molecule has 1 atom stereocenters. The second kappa shape index (κ2) is 47.3. The zero-order valence-corrected chi connectivity index (χ0v) is 38.2. The molecule has 1 unspecified atom stereocenters. The van der Waals surface area contributed by atoms with Gasteiger partial charge in [0.15, 0.2) is 6.10 Å². The summed E-state index contributed by atoms with van der Waals surface area (Å²) in [6, 6.07) is 0. The van der Waals surface area contributed by atoms with Gasteiger partial charge in [0.1, 0.15) is 13.2 Å². The highest BCUT2D eigenvalue weighted by molar-refractivity contribution is 5.71. The lowest BCUT2D eigenvalue weighted by Gasteiger charge is -2.18. The summed E-state index contributed by atoms with van der Waals surface area (Å²) in [6.07, 6.45) is 59.9. The van der Waals surface area contributed by atoms with Crippen molar-refractivity contribution >= 4 is 17.9 Å². The van der Waals surface area contributed by atoms with Gasteiger partial charge in [-0.05, 0) is 103 Å². The first-order valence-electron chi connectivity index (χ1n) is 24.1. The van der Waals surface area contributed by atoms with Crippen LogP contribution < -0.4 is 0 Å². The SMILES string of the molecule is CC/C=C\C/C=C\C/C=C\C/C=C\CCCCCC(=O)OCC(COC(=O)CCCCCCC/C=C\CCCC)OC(=O)CCCCCCCCC/C=C\C/C=C\CC. The van der Waals surface area contributed by atoms with E-state index in [1.807, 2.05) is 0 Å². The number of esters is 3. The van der Waals surface area contributed by atoms with Crippen LogP contribution in [0.15, 0.2) is 85.1 Å². The van der Waals surface area contributed by atoms with Crippen LogP contribution in [-0.4, -0.2) is 37.2 Å². The summed E-state index contributed by atoms with van der Waals surface area (Å²) >= 11 is 0. The minimum atomic E-state index is -0.796. The van der Waals surface area contributed by atoms with E-state index >= 15 is 0 Å². The van der Waals surface area contributed by atoms with E-state index in [4.69, 9.17) is 14.2 Å². The Morgan fingerprint density at radius 2 is 0.661 bits per heavy atom. The smallest absolute Gasteiger partial charge is 0.306 e. The third kappa shape index (κ3) is 45.5. The Balaban J connectivity index is 4.46. The third-order valence-electron chi connectivity index (χ3n) is 9.86. The maximum atomic E-state index is 12.8. The quantitative estimate of drug-likeness (QED) is 0.0264. The average molecular weight is 821 g/mol. The van der Waals surface area contributed by atoms with Gasteiger partial charge in [-0.3, -0.25) is 14.4 Å². The number of unbranched alkanes of at least 4 members (excludes halogenated alkanes) is 17. The second-order valence-corrected chi connectivity index (χ2v) is 15.6. The Kier molecular flexibility index (Phi) is 44.5. The summed E-state index contributed by atoms with van der Waals surface area (Å²) in [5.41, 5.74) is 0. The van der Waals surface area contributed by atoms with Crippen molar-refractivity contribution in [2.45, 2.75) is 219 Å². The topological polar surface area (TPSA) is 78.9 Å². The molecule has 0 saturated heterocycles. The molecule has 0 amide bonds. The molecule has 6 nitrogen and oxygen atoms in total. The monoisotopic (exact) mass is 821 g/mol. The third-order valence-corrected chi connectivity index (χ3v) is 9.86. The van der Waals surface area contributed by atoms with E-state index in [1.54, 1.807) is 0 Å². The van der Waals surface area contributed by atoms with E-state index in [0.29, 0.717) is 19.3 Å². The molecule has 0 radical (unpaired) electrons. The molecule has 336 valence electrons. The van der Waals surface area contributed by atoms with Gasteiger partial charge in [0, 0.05) is 19.3 Å². The van der Waals surface area contributed by atoms with Crippen LogP contribution in [0.2, 0.25) is 0 Å². The number of ether oxygens (including phenoxy) is 3. The predicted molar refractivity (Wildman–Crippen MR) is 251 cm³/mol. The van der Waals surface area contributed by atoms with Crippen molar-refractivity contribution in [1.82, 2.24) is 0 Å². The zero-order chi connectivity index (χ0) is 43.0. The largest absolute Gasteiger partial charge is 0.462 e. The summed E-state index contributed by atoms with van der Waals surface area (Å²) in [6.45, 7) is 6.32. The Bertz CT molecular complexity index is 1170. The average Bonchev–Trinajstić information content (AvgIpc) is 3.23. The Morgan fingerprint density at radius 3 is 1.07 bits per heavy atom. The molecule has 0 aliphatic rings. The van der Waals surface area contributed by atoms with Gasteiger partial charge >= 0.3 is 17.9 Å². The van der Waals surface area contributed by atoms with Crippen molar-refractivity contribution in [3.05, 3.63) is 85.1 Å². The lowest BCUT2D eigenvalue weighted by atomic mass is 10.1. The zero-order valence-electron chi connectivity index (χ0n) is 38.2. The van der Waals surface area contributed by atoms with Gasteiger partial charge in [-0.1, -0.05) is 176 Å². The summed E-state index contributed by atoms with van der Waals surface area (Å²) in [5.74, 6) is -0.951. The first-order chi connectivity index (χ1) is 29.0. The lowest BCUT2D eigenvalue weighted by molar-refractivity contribution is -0.167. The lowest BCUT2D eigenvalue weighted by Crippen LogP contribution is -2.30. The van der Waals surface area contributed by atoms with Gasteiger partial charge in [-0.25, -0.2) is 0 Å².